The average molecular weight is 1060 g/mol. The monoisotopic (exact) mass is 1060 g/mol. The molecule has 3 heterocycles. The van der Waals surface area contributed by atoms with Gasteiger partial charge in [-0.05, 0) is 80.8 Å². The number of hydrogen-bond acceptors (Lipinski definition) is 14. The number of halogens is 1. The number of amides is 6. The molecule has 0 radical (unpaired) electrons. The van der Waals surface area contributed by atoms with Gasteiger partial charge >= 0.3 is 18.2 Å². The number of fused-ring (bicyclic) bond motifs is 4. The number of rotatable bonds is 16. The smallest absolute Gasteiger partial charge is 0.409 e. The Morgan fingerprint density at radius 1 is 1.04 bits per heavy atom. The molecule has 75 heavy (non-hydrogen) atoms. The highest BCUT2D eigenvalue weighted by molar-refractivity contribution is 6.35. The molecular weight excluding hydrogens is 990 g/mol. The lowest BCUT2D eigenvalue weighted by Crippen LogP contribution is -2.65. The van der Waals surface area contributed by atoms with E-state index < -0.39 is 88.9 Å². The SMILES string of the molecule is COc1cc2cc(c1Cl)N(C)C(=O)C[C@@H]1OC(=O)[C@@H](N(C)C(=O)CCCCCNC(=O)OCc3ccc(NC(=O)[C@H](C)NC(=O)C(N)C(C)C)cc3)[C@]3(C[C@@]13C)[C@H](C)C1C[C@@](O)(NC(=O)O1)[C@H](OC)/C=C/C=C(\C)C2. The maximum Gasteiger partial charge on any atom is 0.409 e. The number of hydrogen-bond donors (Lipinski definition) is 6. The van der Waals surface area contributed by atoms with Crippen molar-refractivity contribution in [3.63, 3.8) is 0 Å². The predicted octanol–water partition coefficient (Wildman–Crippen LogP) is 5.66. The maximum atomic E-state index is 14.5. The number of nitrogens with zero attached hydrogens (tertiary/aromatic N) is 2. The second kappa shape index (κ2) is 24.2. The van der Waals surface area contributed by atoms with E-state index in [-0.39, 0.29) is 55.2 Å². The first-order valence-corrected chi connectivity index (χ1v) is 25.8. The molecule has 2 saturated heterocycles. The number of likely N-dealkylation sites (N-methyl/N-ethyl adjacent to an activating group) is 1. The largest absolute Gasteiger partial charge is 0.495 e. The van der Waals surface area contributed by atoms with Crippen LogP contribution < -0.4 is 36.6 Å². The minimum Gasteiger partial charge on any atom is -0.495 e. The van der Waals surface area contributed by atoms with Gasteiger partial charge in [-0.3, -0.25) is 24.5 Å². The molecule has 20 nitrogen and oxygen atoms in total. The van der Waals surface area contributed by atoms with E-state index in [2.05, 4.69) is 21.3 Å². The quantitative estimate of drug-likeness (QED) is 0.0673. The third kappa shape index (κ3) is 12.9. The van der Waals surface area contributed by atoms with Gasteiger partial charge in [0.1, 0.15) is 47.8 Å². The van der Waals surface area contributed by atoms with Gasteiger partial charge in [0.25, 0.3) is 0 Å². The van der Waals surface area contributed by atoms with Gasteiger partial charge in [0.15, 0.2) is 5.72 Å². The molecule has 6 rings (SSSR count). The fourth-order valence-electron chi connectivity index (χ4n) is 10.8. The standard InChI is InChI=1S/C54H74ClN7O13/c1-30(2)45(56)48(66)58-33(5)47(65)59-36-20-18-34(19-21-36)28-73-50(68)57-22-13-11-12-17-42(63)62(8)46-49(67)75-41-26-43(64)61(7)37-24-35(25-38(71-9)44(37)55)23-31(3)15-14-16-40(72-10)54(70)27-39(74-51(69)60-54)32(4)53(46)29-52(41,53)6/h14-16,18-21,24-25,30,32-33,39-41,45-46,70H,11-13,17,22-23,26-29,56H2,1-10H3,(H,57,68)(H,58,66)(H,59,65)(H,60,69)/b16-14+,31-15+/t32-,33+,39?,40-,41+,45?,46-,52+,53+,54+/m1/s1. The molecule has 6 amide bonds. The number of methoxy groups -OCH3 is 2. The molecular formula is C54H74ClN7O13. The minimum absolute atomic E-state index is 0.0280. The van der Waals surface area contributed by atoms with Crippen LogP contribution in [0.25, 0.3) is 0 Å². The van der Waals surface area contributed by atoms with Crippen LogP contribution >= 0.6 is 11.6 Å². The van der Waals surface area contributed by atoms with Crippen molar-refractivity contribution in [1.82, 2.24) is 20.9 Å². The predicted molar refractivity (Wildman–Crippen MR) is 279 cm³/mol. The molecule has 3 aliphatic heterocycles. The number of ether oxygens (including phenoxy) is 5. The average Bonchev–Trinajstić information content (AvgIpc) is 4.04. The van der Waals surface area contributed by atoms with Gasteiger partial charge in [0.05, 0.1) is 25.3 Å². The Morgan fingerprint density at radius 2 is 1.75 bits per heavy atom. The van der Waals surface area contributed by atoms with Gasteiger partial charge in [-0.15, -0.1) is 0 Å². The van der Waals surface area contributed by atoms with Crippen molar-refractivity contribution in [3.8, 4) is 5.75 Å². The molecule has 0 spiro atoms. The number of alkyl carbamates (subject to hydrolysis) is 2. The van der Waals surface area contributed by atoms with Crippen LogP contribution in [0, 0.1) is 22.7 Å². The van der Waals surface area contributed by atoms with Crippen molar-refractivity contribution in [3.05, 3.63) is 76.3 Å². The van der Waals surface area contributed by atoms with Crippen LogP contribution in [-0.2, 0) is 55.9 Å². The molecule has 2 aromatic rings. The lowest BCUT2D eigenvalue weighted by molar-refractivity contribution is -0.187. The van der Waals surface area contributed by atoms with Gasteiger partial charge in [0.2, 0.25) is 23.6 Å². The highest BCUT2D eigenvalue weighted by atomic mass is 35.5. The lowest BCUT2D eigenvalue weighted by atomic mass is 9.69. The number of nitrogens with one attached hydrogen (secondary N) is 4. The normalized spacial score (nSPS) is 28.4. The van der Waals surface area contributed by atoms with Crippen LogP contribution in [-0.4, -0.2) is 129 Å². The number of nitrogens with two attached hydrogens (primary N) is 1. The molecule has 21 heteroatoms. The highest BCUT2D eigenvalue weighted by Gasteiger charge is 2.80. The zero-order valence-electron chi connectivity index (χ0n) is 44.6. The van der Waals surface area contributed by atoms with Gasteiger partial charge in [-0.25, -0.2) is 14.4 Å². The van der Waals surface area contributed by atoms with Gasteiger partial charge in [0, 0.05) is 63.0 Å². The summed E-state index contributed by atoms with van der Waals surface area (Å²) < 4.78 is 28.8. The van der Waals surface area contributed by atoms with Gasteiger partial charge < -0.3 is 60.3 Å². The number of aliphatic hydroxyl groups is 1. The summed E-state index contributed by atoms with van der Waals surface area (Å²) >= 11 is 6.82. The van der Waals surface area contributed by atoms with Crippen LogP contribution in [0.2, 0.25) is 5.02 Å². The number of allylic oxidation sites excluding steroid dienone is 3. The summed E-state index contributed by atoms with van der Waals surface area (Å²) in [5.41, 5.74) is 5.25. The van der Waals surface area contributed by atoms with Crippen molar-refractivity contribution >= 4 is 64.8 Å². The van der Waals surface area contributed by atoms with Crippen molar-refractivity contribution in [2.24, 2.45) is 28.4 Å². The fraction of sp³-hybridized carbons (Fsp3) is 0.574. The summed E-state index contributed by atoms with van der Waals surface area (Å²) in [6.07, 6.45) is 2.76. The van der Waals surface area contributed by atoms with Crippen molar-refractivity contribution in [2.75, 3.05) is 45.1 Å². The van der Waals surface area contributed by atoms with Gasteiger partial charge in [-0.1, -0.05) is 81.7 Å². The third-order valence-corrected chi connectivity index (χ3v) is 15.9. The summed E-state index contributed by atoms with van der Waals surface area (Å²) in [6, 6.07) is 7.61. The molecule has 4 aliphatic rings. The molecule has 1 aliphatic carbocycles. The molecule has 10 atom stereocenters. The van der Waals surface area contributed by atoms with Crippen LogP contribution in [0.4, 0.5) is 21.0 Å². The van der Waals surface area contributed by atoms with Crippen LogP contribution in [0.15, 0.2) is 60.2 Å². The van der Waals surface area contributed by atoms with E-state index in [1.807, 2.05) is 46.8 Å². The Balaban J connectivity index is 1.09. The van der Waals surface area contributed by atoms with E-state index in [1.165, 1.54) is 24.0 Å². The van der Waals surface area contributed by atoms with Gasteiger partial charge in [-0.2, -0.15) is 0 Å². The first kappa shape index (κ1) is 58.0. The zero-order chi connectivity index (χ0) is 55.2. The Kier molecular flexibility index (Phi) is 18.7. The summed E-state index contributed by atoms with van der Waals surface area (Å²) in [5.74, 6) is -2.63. The number of esters is 1. The van der Waals surface area contributed by atoms with E-state index in [4.69, 9.17) is 41.0 Å². The van der Waals surface area contributed by atoms with E-state index in [0.29, 0.717) is 54.8 Å². The number of anilines is 2. The summed E-state index contributed by atoms with van der Waals surface area (Å²) in [5, 5.41) is 23.0. The second-order valence-corrected chi connectivity index (χ2v) is 21.3. The topological polar surface area (TPSA) is 266 Å². The third-order valence-electron chi connectivity index (χ3n) is 15.5. The first-order valence-electron chi connectivity index (χ1n) is 25.4. The van der Waals surface area contributed by atoms with Crippen LogP contribution in [0.5, 0.6) is 5.75 Å². The number of benzene rings is 2. The number of carbonyl (C=O) groups is 7. The number of carbonyl (C=O) groups excluding carboxylic acids is 7. The second-order valence-electron chi connectivity index (χ2n) is 21.0. The molecule has 7 N–H and O–H groups in total. The molecule has 3 fully saturated rings. The summed E-state index contributed by atoms with van der Waals surface area (Å²) in [7, 11) is 6.05. The molecule has 2 unspecified atom stereocenters. The number of unbranched alkanes of at least 4 members (excludes halogenated alkanes) is 2. The summed E-state index contributed by atoms with van der Waals surface area (Å²) in [4.78, 5) is 96.6. The molecule has 2 aromatic carbocycles. The lowest BCUT2D eigenvalue weighted by Gasteiger charge is -2.49. The van der Waals surface area contributed by atoms with Crippen molar-refractivity contribution < 1.29 is 62.4 Å². The fourth-order valence-corrected chi connectivity index (χ4v) is 11.1. The Bertz CT molecular complexity index is 2540. The summed E-state index contributed by atoms with van der Waals surface area (Å²) in [6.45, 7) is 11.1. The molecule has 1 saturated carbocycles. The van der Waals surface area contributed by atoms with Crippen LogP contribution in [0.1, 0.15) is 97.6 Å². The Hall–Kier alpha value is -6.22. The minimum atomic E-state index is -1.93. The molecule has 0 aromatic heterocycles. The highest BCUT2D eigenvalue weighted by Crippen LogP contribution is 2.75. The maximum absolute atomic E-state index is 14.5. The van der Waals surface area contributed by atoms with E-state index >= 15 is 0 Å². The first-order chi connectivity index (χ1) is 35.4. The van der Waals surface area contributed by atoms with Crippen molar-refractivity contribution in [1.29, 1.82) is 0 Å². The Labute approximate surface area is 443 Å². The molecule has 410 valence electrons. The van der Waals surface area contributed by atoms with E-state index in [9.17, 15) is 38.7 Å². The van der Waals surface area contributed by atoms with E-state index in [0.717, 1.165) is 11.1 Å². The van der Waals surface area contributed by atoms with E-state index in [1.54, 1.807) is 63.5 Å². The molecule has 6 bridgehead atoms. The van der Waals surface area contributed by atoms with Crippen molar-refractivity contribution in [2.45, 2.75) is 142 Å². The zero-order valence-corrected chi connectivity index (χ0v) is 45.3. The Morgan fingerprint density at radius 3 is 2.41 bits per heavy atom. The van der Waals surface area contributed by atoms with Crippen LogP contribution in [0.3, 0.4) is 0 Å².